The molecule has 6 bridgehead atoms. The highest BCUT2D eigenvalue weighted by Crippen LogP contribution is 2.56. The molecule has 2 heteroatoms. The third kappa shape index (κ3) is 4.33. The minimum Gasteiger partial charge on any atom is -0.310 e. The molecule has 0 saturated heterocycles. The first-order chi connectivity index (χ1) is 25.3. The maximum absolute atomic E-state index is 2.50. The Bertz CT molecular complexity index is 2760. The zero-order chi connectivity index (χ0) is 33.5. The molecule has 11 rings (SSSR count). The Morgan fingerprint density at radius 3 is 2.22 bits per heavy atom. The van der Waals surface area contributed by atoms with Crippen LogP contribution in [0.1, 0.15) is 36.0 Å². The molecule has 1 nitrogen and oxygen atoms in total. The Balaban J connectivity index is 1.19. The van der Waals surface area contributed by atoms with Crippen LogP contribution in [0, 0.1) is 0 Å². The van der Waals surface area contributed by atoms with Crippen molar-refractivity contribution in [1.82, 2.24) is 0 Å². The van der Waals surface area contributed by atoms with E-state index in [1.807, 2.05) is 11.3 Å². The van der Waals surface area contributed by atoms with Crippen molar-refractivity contribution in [2.24, 2.45) is 0 Å². The summed E-state index contributed by atoms with van der Waals surface area (Å²) in [5.41, 5.74) is 19.7. The van der Waals surface area contributed by atoms with Gasteiger partial charge in [0.15, 0.2) is 0 Å². The Morgan fingerprint density at radius 1 is 0.529 bits per heavy atom. The molecule has 1 heterocycles. The van der Waals surface area contributed by atoms with Crippen LogP contribution in [0.2, 0.25) is 0 Å². The topological polar surface area (TPSA) is 3.24 Å². The molecule has 7 aromatic rings. The molecule has 4 aliphatic rings. The second-order valence-electron chi connectivity index (χ2n) is 13.8. The van der Waals surface area contributed by atoms with Gasteiger partial charge in [0.1, 0.15) is 0 Å². The lowest BCUT2D eigenvalue weighted by Gasteiger charge is -2.30. The number of anilines is 3. The largest absolute Gasteiger partial charge is 0.310 e. The molecule has 0 unspecified atom stereocenters. The fraction of sp³-hybridized carbons (Fsp3) is 0.0612. The van der Waals surface area contributed by atoms with E-state index in [1.54, 1.807) is 0 Å². The summed E-state index contributed by atoms with van der Waals surface area (Å²) in [5.74, 6) is 0. The summed E-state index contributed by atoms with van der Waals surface area (Å²) in [6.45, 7) is 0. The highest BCUT2D eigenvalue weighted by atomic mass is 32.1. The van der Waals surface area contributed by atoms with Gasteiger partial charge in [0, 0.05) is 37.1 Å². The second kappa shape index (κ2) is 11.3. The van der Waals surface area contributed by atoms with Crippen LogP contribution in [0.25, 0.3) is 59.1 Å². The van der Waals surface area contributed by atoms with Gasteiger partial charge in [-0.15, -0.1) is 11.3 Å². The summed E-state index contributed by atoms with van der Waals surface area (Å²) in [6, 6.07) is 49.7. The molecule has 0 amide bonds. The first-order valence-electron chi connectivity index (χ1n) is 18.0. The normalized spacial score (nSPS) is 15.4. The fourth-order valence-electron chi connectivity index (χ4n) is 8.90. The Kier molecular flexibility index (Phi) is 6.38. The quantitative estimate of drug-likeness (QED) is 0.181. The maximum Gasteiger partial charge on any atom is 0.0540 e. The highest BCUT2D eigenvalue weighted by Gasteiger charge is 2.35. The average Bonchev–Trinajstić information content (AvgIpc) is 3.31. The molecule has 6 aromatic carbocycles. The van der Waals surface area contributed by atoms with E-state index in [9.17, 15) is 0 Å². The second-order valence-corrected chi connectivity index (χ2v) is 14.9. The van der Waals surface area contributed by atoms with E-state index in [0.29, 0.717) is 0 Å². The van der Waals surface area contributed by atoms with Crippen LogP contribution in [0.3, 0.4) is 0 Å². The van der Waals surface area contributed by atoms with Gasteiger partial charge in [-0.2, -0.15) is 0 Å². The number of hydrogen-bond donors (Lipinski definition) is 0. The first kappa shape index (κ1) is 28.8. The van der Waals surface area contributed by atoms with Crippen molar-refractivity contribution < 1.29 is 0 Å². The van der Waals surface area contributed by atoms with Crippen LogP contribution in [-0.4, -0.2) is 0 Å². The standard InChI is InChI=1S/C49H33NS/c1-3-13-31(14-4-1)34-15-7-9-23-45(34)50(33-26-28-38-37-17-8-10-24-46(37)51-47(38)30-33)32-25-27-36-41-20-12-21-42-43-22-11-19-40(49(43)44(36)29-32)35-16-5-2-6-18-39(35)48(41)42/h1,3-10,12-18,20-30H,2,11,19H2. The molecule has 0 spiro atoms. The number of hydrogen-bond acceptors (Lipinski definition) is 2. The predicted molar refractivity (Wildman–Crippen MR) is 219 cm³/mol. The van der Waals surface area contributed by atoms with Gasteiger partial charge in [0.25, 0.3) is 0 Å². The van der Waals surface area contributed by atoms with Crippen molar-refractivity contribution in [3.05, 3.63) is 192 Å². The lowest BCUT2D eigenvalue weighted by Crippen LogP contribution is -2.12. The number of para-hydroxylation sites is 1. The summed E-state index contributed by atoms with van der Waals surface area (Å²) in [6.07, 6.45) is 15.0. The van der Waals surface area contributed by atoms with Crippen LogP contribution >= 0.6 is 11.3 Å². The minimum absolute atomic E-state index is 0.965. The molecule has 0 aliphatic heterocycles. The summed E-state index contributed by atoms with van der Waals surface area (Å²) in [4.78, 5) is 2.49. The Labute approximate surface area is 302 Å². The molecular weight excluding hydrogens is 635 g/mol. The molecule has 0 atom stereocenters. The lowest BCUT2D eigenvalue weighted by atomic mass is 9.80. The van der Waals surface area contributed by atoms with Crippen molar-refractivity contribution in [3.8, 4) is 22.3 Å². The molecule has 240 valence electrons. The molecule has 51 heavy (non-hydrogen) atoms. The van der Waals surface area contributed by atoms with Crippen molar-refractivity contribution in [2.75, 3.05) is 4.90 Å². The molecule has 0 saturated carbocycles. The van der Waals surface area contributed by atoms with Crippen LogP contribution in [0.15, 0.2) is 175 Å². The van der Waals surface area contributed by atoms with Gasteiger partial charge in [-0.3, -0.25) is 0 Å². The van der Waals surface area contributed by atoms with Crippen LogP contribution < -0.4 is 4.90 Å². The summed E-state index contributed by atoms with van der Waals surface area (Å²) < 4.78 is 2.63. The third-order valence-electron chi connectivity index (χ3n) is 11.1. The van der Waals surface area contributed by atoms with Gasteiger partial charge in [-0.05, 0) is 117 Å². The van der Waals surface area contributed by atoms with Crippen LogP contribution in [0.5, 0.6) is 0 Å². The number of nitrogens with zero attached hydrogens (tertiary/aromatic N) is 1. The average molecular weight is 668 g/mol. The van der Waals surface area contributed by atoms with Gasteiger partial charge in [-0.1, -0.05) is 127 Å². The highest BCUT2D eigenvalue weighted by molar-refractivity contribution is 7.25. The number of rotatable bonds is 4. The van der Waals surface area contributed by atoms with Crippen molar-refractivity contribution in [2.45, 2.75) is 19.3 Å². The Morgan fingerprint density at radius 2 is 1.27 bits per heavy atom. The van der Waals surface area contributed by atoms with Gasteiger partial charge in [-0.25, -0.2) is 0 Å². The lowest BCUT2D eigenvalue weighted by molar-refractivity contribution is 0.990. The first-order valence-corrected chi connectivity index (χ1v) is 18.8. The molecule has 0 radical (unpaired) electrons. The number of benzene rings is 6. The van der Waals surface area contributed by atoms with E-state index in [2.05, 4.69) is 169 Å². The number of fused-ring (bicyclic) bond motifs is 6. The van der Waals surface area contributed by atoms with Gasteiger partial charge in [0.2, 0.25) is 0 Å². The minimum atomic E-state index is 0.965. The molecule has 4 aliphatic carbocycles. The van der Waals surface area contributed by atoms with Gasteiger partial charge in [0.05, 0.1) is 5.69 Å². The van der Waals surface area contributed by atoms with E-state index in [0.717, 1.165) is 30.6 Å². The van der Waals surface area contributed by atoms with E-state index >= 15 is 0 Å². The molecule has 0 N–H and O–H groups in total. The zero-order valence-electron chi connectivity index (χ0n) is 28.1. The summed E-state index contributed by atoms with van der Waals surface area (Å²) >= 11 is 1.88. The van der Waals surface area contributed by atoms with Crippen LogP contribution in [-0.2, 0) is 0 Å². The van der Waals surface area contributed by atoms with E-state index in [-0.39, 0.29) is 0 Å². The Hall–Kier alpha value is -5.96. The fourth-order valence-corrected chi connectivity index (χ4v) is 10.0. The van der Waals surface area contributed by atoms with Crippen molar-refractivity contribution >= 4 is 65.3 Å². The molecule has 1 aromatic heterocycles. The molecule has 0 fully saturated rings. The summed E-state index contributed by atoms with van der Waals surface area (Å²) in [7, 11) is 0. The SMILES string of the molecule is C1=CC2=C(C=CC1)c1c3cccc1-c1ccc(N(c4ccc5c(c4)sc4ccccc45)c4ccccc4-c4ccccc4)cc1C1=C2CCC=C13. The van der Waals surface area contributed by atoms with Crippen LogP contribution in [0.4, 0.5) is 17.1 Å². The smallest absolute Gasteiger partial charge is 0.0540 e. The number of allylic oxidation sites excluding steroid dienone is 10. The van der Waals surface area contributed by atoms with E-state index in [1.165, 1.54) is 92.7 Å². The van der Waals surface area contributed by atoms with Gasteiger partial charge >= 0.3 is 0 Å². The molecular formula is C49H33NS. The van der Waals surface area contributed by atoms with Crippen molar-refractivity contribution in [3.63, 3.8) is 0 Å². The van der Waals surface area contributed by atoms with E-state index < -0.39 is 0 Å². The zero-order valence-corrected chi connectivity index (χ0v) is 28.9. The predicted octanol–water partition coefficient (Wildman–Crippen LogP) is 14.1. The third-order valence-corrected chi connectivity index (χ3v) is 12.2. The summed E-state index contributed by atoms with van der Waals surface area (Å²) in [5, 5.41) is 2.64. The van der Waals surface area contributed by atoms with Gasteiger partial charge < -0.3 is 4.90 Å². The monoisotopic (exact) mass is 667 g/mol. The van der Waals surface area contributed by atoms with Crippen molar-refractivity contribution in [1.29, 1.82) is 0 Å². The maximum atomic E-state index is 2.50. The van der Waals surface area contributed by atoms with E-state index in [4.69, 9.17) is 0 Å². The number of thiophene rings is 1.